The molecule has 1 aliphatic heterocycles. The summed E-state index contributed by atoms with van der Waals surface area (Å²) in [7, 11) is 0. The van der Waals surface area contributed by atoms with Gasteiger partial charge in [0.2, 0.25) is 0 Å². The highest BCUT2D eigenvalue weighted by atomic mass is 35.5. The van der Waals surface area contributed by atoms with E-state index in [2.05, 4.69) is 15.3 Å². The smallest absolute Gasteiger partial charge is 0.259 e. The number of carbonyl (C=O) groups excluding carboxylic acids is 1. The van der Waals surface area contributed by atoms with Crippen molar-refractivity contribution in [2.24, 2.45) is 0 Å². The van der Waals surface area contributed by atoms with E-state index in [0.29, 0.717) is 40.1 Å². The van der Waals surface area contributed by atoms with E-state index in [4.69, 9.17) is 11.6 Å². The van der Waals surface area contributed by atoms with Gasteiger partial charge in [-0.25, -0.2) is 9.97 Å². The Morgan fingerprint density at radius 1 is 1.36 bits per heavy atom. The van der Waals surface area contributed by atoms with Crippen LogP contribution >= 0.6 is 11.6 Å². The van der Waals surface area contributed by atoms with Crippen LogP contribution < -0.4 is 10.2 Å². The maximum Gasteiger partial charge on any atom is 0.259 e. The van der Waals surface area contributed by atoms with Gasteiger partial charge in [-0.05, 0) is 37.1 Å². The van der Waals surface area contributed by atoms with Gasteiger partial charge >= 0.3 is 0 Å². The summed E-state index contributed by atoms with van der Waals surface area (Å²) in [5, 5.41) is 12.5. The van der Waals surface area contributed by atoms with Crippen LogP contribution in [0.25, 0.3) is 0 Å². The largest absolute Gasteiger partial charge is 0.392 e. The number of carbonyl (C=O) groups is 1. The molecular formula is C15H15ClN4O2. The molecule has 114 valence electrons. The zero-order valence-corrected chi connectivity index (χ0v) is 13.0. The number of pyridine rings is 2. The van der Waals surface area contributed by atoms with Gasteiger partial charge in [-0.2, -0.15) is 0 Å². The van der Waals surface area contributed by atoms with Crippen molar-refractivity contribution in [1.29, 1.82) is 0 Å². The van der Waals surface area contributed by atoms with Crippen LogP contribution in [0.15, 0.2) is 18.3 Å². The molecule has 0 spiro atoms. The number of hydrogen-bond donors (Lipinski definition) is 2. The minimum absolute atomic E-state index is 0.171. The molecule has 0 atom stereocenters. The zero-order valence-electron chi connectivity index (χ0n) is 12.2. The Balaban J connectivity index is 2.27. The van der Waals surface area contributed by atoms with Crippen molar-refractivity contribution in [3.8, 4) is 0 Å². The fourth-order valence-corrected chi connectivity index (χ4v) is 2.76. The maximum absolute atomic E-state index is 12.5. The molecule has 22 heavy (non-hydrogen) atoms. The van der Waals surface area contributed by atoms with Crippen LogP contribution in [0.1, 0.15) is 28.4 Å². The number of hydrogen-bond acceptors (Lipinski definition) is 5. The fourth-order valence-electron chi connectivity index (χ4n) is 2.52. The van der Waals surface area contributed by atoms with E-state index in [9.17, 15) is 9.90 Å². The number of aliphatic hydroxyl groups excluding tert-OH is 1. The third kappa shape index (κ3) is 2.30. The van der Waals surface area contributed by atoms with E-state index in [1.165, 1.54) is 0 Å². The highest BCUT2D eigenvalue weighted by Gasteiger charge is 2.28. The molecule has 0 bridgehead atoms. The molecule has 0 aromatic carbocycles. The highest BCUT2D eigenvalue weighted by molar-refractivity contribution is 6.29. The van der Waals surface area contributed by atoms with Gasteiger partial charge in [0.15, 0.2) is 5.82 Å². The second-order valence-electron chi connectivity index (χ2n) is 5.03. The zero-order chi connectivity index (χ0) is 15.9. The average molecular weight is 319 g/mol. The Labute approximate surface area is 132 Å². The molecule has 3 rings (SSSR count). The molecule has 0 fully saturated rings. The number of halogens is 1. The number of aromatic nitrogens is 2. The maximum atomic E-state index is 12.5. The van der Waals surface area contributed by atoms with Crippen molar-refractivity contribution >= 4 is 34.8 Å². The molecular weight excluding hydrogens is 304 g/mol. The molecule has 0 saturated carbocycles. The Morgan fingerprint density at radius 3 is 2.82 bits per heavy atom. The van der Waals surface area contributed by atoms with Gasteiger partial charge in [0, 0.05) is 12.7 Å². The minimum atomic E-state index is -0.276. The van der Waals surface area contributed by atoms with Gasteiger partial charge in [-0.1, -0.05) is 11.6 Å². The topological polar surface area (TPSA) is 78.3 Å². The first-order valence-corrected chi connectivity index (χ1v) is 7.28. The van der Waals surface area contributed by atoms with Crippen molar-refractivity contribution in [2.75, 3.05) is 16.8 Å². The number of rotatable bonds is 2. The van der Waals surface area contributed by atoms with E-state index in [1.54, 1.807) is 18.3 Å². The summed E-state index contributed by atoms with van der Waals surface area (Å²) in [6, 6.07) is 3.35. The molecule has 0 unspecified atom stereocenters. The fraction of sp³-hybridized carbons (Fsp3) is 0.267. The summed E-state index contributed by atoms with van der Waals surface area (Å²) in [6.07, 6.45) is 1.55. The Bertz CT molecular complexity index is 763. The third-order valence-electron chi connectivity index (χ3n) is 3.58. The van der Waals surface area contributed by atoms with Crippen LogP contribution in [0.3, 0.4) is 0 Å². The van der Waals surface area contributed by atoms with Gasteiger partial charge in [0.05, 0.1) is 17.9 Å². The number of aliphatic hydroxyl groups is 1. The molecule has 2 aromatic heterocycles. The molecule has 7 heteroatoms. The number of aryl methyl sites for hydroxylation is 1. The molecule has 1 aliphatic rings. The molecule has 2 aromatic rings. The first kappa shape index (κ1) is 14.7. The van der Waals surface area contributed by atoms with Crippen molar-refractivity contribution in [3.63, 3.8) is 0 Å². The lowest BCUT2D eigenvalue weighted by atomic mass is 10.1. The van der Waals surface area contributed by atoms with Crippen LogP contribution in [-0.2, 0) is 6.61 Å². The molecule has 6 nitrogen and oxygen atoms in total. The second kappa shape index (κ2) is 5.55. The van der Waals surface area contributed by atoms with Crippen molar-refractivity contribution < 1.29 is 9.90 Å². The van der Waals surface area contributed by atoms with Crippen LogP contribution in [0.2, 0.25) is 5.15 Å². The van der Waals surface area contributed by atoms with Crippen LogP contribution in [0.5, 0.6) is 0 Å². The first-order valence-electron chi connectivity index (χ1n) is 6.91. The first-order chi connectivity index (χ1) is 10.5. The lowest BCUT2D eigenvalue weighted by Gasteiger charge is -2.22. The van der Waals surface area contributed by atoms with E-state index in [1.807, 2.05) is 18.7 Å². The van der Waals surface area contributed by atoms with Crippen LogP contribution in [-0.4, -0.2) is 27.5 Å². The Hall–Kier alpha value is -2.18. The second-order valence-corrected chi connectivity index (χ2v) is 5.42. The highest BCUT2D eigenvalue weighted by Crippen LogP contribution is 2.38. The van der Waals surface area contributed by atoms with Crippen molar-refractivity contribution in [1.82, 2.24) is 9.97 Å². The van der Waals surface area contributed by atoms with Crippen LogP contribution in [0, 0.1) is 6.92 Å². The predicted molar refractivity (Wildman–Crippen MR) is 84.8 cm³/mol. The van der Waals surface area contributed by atoms with Gasteiger partial charge in [-0.3, -0.25) is 4.79 Å². The number of nitrogens with one attached hydrogen (secondary N) is 1. The average Bonchev–Trinajstić information content (AvgIpc) is 2.62. The van der Waals surface area contributed by atoms with Gasteiger partial charge in [0.25, 0.3) is 5.91 Å². The SMILES string of the molecule is CCN1c2ncc(CO)cc2C(=O)Nc2c(C)cc(Cl)nc21. The van der Waals surface area contributed by atoms with Crippen molar-refractivity contribution in [2.45, 2.75) is 20.5 Å². The normalized spacial score (nSPS) is 13.3. The summed E-state index contributed by atoms with van der Waals surface area (Å²) < 4.78 is 0. The summed E-state index contributed by atoms with van der Waals surface area (Å²) in [5.74, 6) is 0.802. The minimum Gasteiger partial charge on any atom is -0.392 e. The quantitative estimate of drug-likeness (QED) is 0.832. The molecule has 3 heterocycles. The van der Waals surface area contributed by atoms with E-state index in [-0.39, 0.29) is 12.5 Å². The number of amides is 1. The summed E-state index contributed by atoms with van der Waals surface area (Å²) in [6.45, 7) is 4.22. The molecule has 1 amide bonds. The third-order valence-corrected chi connectivity index (χ3v) is 3.78. The van der Waals surface area contributed by atoms with Crippen LogP contribution in [0.4, 0.5) is 17.3 Å². The number of fused-ring (bicyclic) bond motifs is 2. The molecule has 0 radical (unpaired) electrons. The number of nitrogens with zero attached hydrogens (tertiary/aromatic N) is 3. The molecule has 2 N–H and O–H groups in total. The predicted octanol–water partition coefficient (Wildman–Crippen LogP) is 2.65. The Morgan fingerprint density at radius 2 is 2.14 bits per heavy atom. The lowest BCUT2D eigenvalue weighted by Crippen LogP contribution is -2.20. The molecule has 0 aliphatic carbocycles. The monoisotopic (exact) mass is 318 g/mol. The lowest BCUT2D eigenvalue weighted by molar-refractivity contribution is 0.102. The van der Waals surface area contributed by atoms with Gasteiger partial charge in [0.1, 0.15) is 11.0 Å². The van der Waals surface area contributed by atoms with Crippen molar-refractivity contribution in [3.05, 3.63) is 40.2 Å². The van der Waals surface area contributed by atoms with E-state index >= 15 is 0 Å². The standard InChI is InChI=1S/C15H15ClN4O2/c1-3-20-13-10(5-9(7-21)6-17-13)15(22)19-12-8(2)4-11(16)18-14(12)20/h4-6,21H,3,7H2,1-2H3,(H,19,22). The summed E-state index contributed by atoms with van der Waals surface area (Å²) >= 11 is 6.06. The van der Waals surface area contributed by atoms with Gasteiger partial charge in [-0.15, -0.1) is 0 Å². The van der Waals surface area contributed by atoms with E-state index < -0.39 is 0 Å². The van der Waals surface area contributed by atoms with E-state index in [0.717, 1.165) is 5.56 Å². The summed E-state index contributed by atoms with van der Waals surface area (Å²) in [4.78, 5) is 23.0. The number of anilines is 3. The molecule has 0 saturated heterocycles. The van der Waals surface area contributed by atoms with Gasteiger partial charge < -0.3 is 15.3 Å². The Kier molecular flexibility index (Phi) is 3.72. The summed E-state index contributed by atoms with van der Waals surface area (Å²) in [5.41, 5.74) is 2.44.